The van der Waals surface area contributed by atoms with E-state index >= 15 is 0 Å². The molecule has 0 spiro atoms. The van der Waals surface area contributed by atoms with Gasteiger partial charge in [-0.05, 0) is 36.8 Å². The van der Waals surface area contributed by atoms with Crippen molar-refractivity contribution in [1.82, 2.24) is 19.1 Å². The van der Waals surface area contributed by atoms with E-state index in [-0.39, 0.29) is 14.9 Å². The van der Waals surface area contributed by atoms with E-state index in [9.17, 15) is 8.42 Å². The lowest BCUT2D eigenvalue weighted by Crippen LogP contribution is -2.30. The SMILES string of the molecule is C[C@H](c1ccc(-n2cncn2)cc1)N(C)S(=O)(=O)c1c(Cl)cccc1Cl. The summed E-state index contributed by atoms with van der Waals surface area (Å²) < 4.78 is 28.8. The largest absolute Gasteiger partial charge is 0.246 e. The van der Waals surface area contributed by atoms with Crippen LogP contribution in [-0.2, 0) is 10.0 Å². The van der Waals surface area contributed by atoms with Crippen molar-refractivity contribution in [2.45, 2.75) is 17.9 Å². The average Bonchev–Trinajstić information content (AvgIpc) is 3.15. The predicted octanol–water partition coefficient (Wildman–Crippen LogP) is 3.96. The summed E-state index contributed by atoms with van der Waals surface area (Å²) in [5.74, 6) is 0. The van der Waals surface area contributed by atoms with Crippen molar-refractivity contribution in [3.63, 3.8) is 0 Å². The van der Waals surface area contributed by atoms with Crippen LogP contribution in [0.5, 0.6) is 0 Å². The topological polar surface area (TPSA) is 68.1 Å². The van der Waals surface area contributed by atoms with E-state index in [0.29, 0.717) is 0 Å². The molecule has 0 N–H and O–H groups in total. The standard InChI is InChI=1S/C17H16Cl2N4O2S/c1-12(13-6-8-14(9-7-13)23-11-20-10-21-23)22(2)26(24,25)17-15(18)4-3-5-16(17)19/h3-12H,1-2H3/t12-/m1/s1. The molecule has 0 radical (unpaired) electrons. The Labute approximate surface area is 162 Å². The Kier molecular flexibility index (Phi) is 5.34. The van der Waals surface area contributed by atoms with Gasteiger partial charge < -0.3 is 0 Å². The van der Waals surface area contributed by atoms with E-state index in [1.54, 1.807) is 24.0 Å². The Morgan fingerprint density at radius 1 is 1.08 bits per heavy atom. The summed E-state index contributed by atoms with van der Waals surface area (Å²) in [6.07, 6.45) is 3.04. The van der Waals surface area contributed by atoms with Gasteiger partial charge in [-0.3, -0.25) is 0 Å². The maximum absolute atomic E-state index is 13.0. The van der Waals surface area contributed by atoms with Crippen LogP contribution in [0.4, 0.5) is 0 Å². The van der Waals surface area contributed by atoms with Crippen molar-refractivity contribution in [3.05, 3.63) is 70.7 Å². The van der Waals surface area contributed by atoms with E-state index in [2.05, 4.69) is 10.1 Å². The zero-order chi connectivity index (χ0) is 18.9. The normalized spacial score (nSPS) is 13.1. The maximum Gasteiger partial charge on any atom is 0.246 e. The van der Waals surface area contributed by atoms with Crippen LogP contribution in [0, 0.1) is 0 Å². The molecule has 0 amide bonds. The van der Waals surface area contributed by atoms with E-state index in [1.807, 2.05) is 24.3 Å². The Morgan fingerprint density at radius 3 is 2.23 bits per heavy atom. The van der Waals surface area contributed by atoms with Gasteiger partial charge in [0.15, 0.2) is 0 Å². The lowest BCUT2D eigenvalue weighted by atomic mass is 10.1. The molecule has 3 rings (SSSR count). The minimum atomic E-state index is -3.86. The van der Waals surface area contributed by atoms with Crippen LogP contribution in [0.3, 0.4) is 0 Å². The Bertz CT molecular complexity index is 986. The number of hydrogen-bond acceptors (Lipinski definition) is 4. The van der Waals surface area contributed by atoms with Gasteiger partial charge in [-0.25, -0.2) is 18.1 Å². The van der Waals surface area contributed by atoms with Gasteiger partial charge in [-0.15, -0.1) is 0 Å². The second kappa shape index (κ2) is 7.36. The van der Waals surface area contributed by atoms with Crippen LogP contribution in [0.25, 0.3) is 5.69 Å². The molecule has 1 aromatic heterocycles. The van der Waals surface area contributed by atoms with Crippen LogP contribution in [0.1, 0.15) is 18.5 Å². The highest BCUT2D eigenvalue weighted by Gasteiger charge is 2.30. The van der Waals surface area contributed by atoms with E-state index < -0.39 is 16.1 Å². The minimum absolute atomic E-state index is 0.0862. The molecule has 0 unspecified atom stereocenters. The molecule has 0 aliphatic rings. The summed E-state index contributed by atoms with van der Waals surface area (Å²) in [4.78, 5) is 3.82. The highest BCUT2D eigenvalue weighted by molar-refractivity contribution is 7.89. The predicted molar refractivity (Wildman–Crippen MR) is 101 cm³/mol. The van der Waals surface area contributed by atoms with Crippen molar-refractivity contribution in [3.8, 4) is 5.69 Å². The molecular formula is C17H16Cl2N4O2S. The molecule has 0 saturated heterocycles. The van der Waals surface area contributed by atoms with Gasteiger partial charge in [-0.1, -0.05) is 41.4 Å². The number of sulfonamides is 1. The lowest BCUT2D eigenvalue weighted by Gasteiger charge is -2.25. The number of benzene rings is 2. The van der Waals surface area contributed by atoms with Gasteiger partial charge in [0.1, 0.15) is 17.6 Å². The second-order valence-electron chi connectivity index (χ2n) is 5.68. The third kappa shape index (κ3) is 3.48. The van der Waals surface area contributed by atoms with Crippen molar-refractivity contribution >= 4 is 33.2 Å². The van der Waals surface area contributed by atoms with Crippen LogP contribution < -0.4 is 0 Å². The van der Waals surface area contributed by atoms with Gasteiger partial charge in [0, 0.05) is 13.1 Å². The monoisotopic (exact) mass is 410 g/mol. The highest BCUT2D eigenvalue weighted by atomic mass is 35.5. The molecule has 136 valence electrons. The van der Waals surface area contributed by atoms with Crippen molar-refractivity contribution in [2.75, 3.05) is 7.05 Å². The summed E-state index contributed by atoms with van der Waals surface area (Å²) in [6.45, 7) is 1.80. The summed E-state index contributed by atoms with van der Waals surface area (Å²) in [5.41, 5.74) is 1.65. The van der Waals surface area contributed by atoms with Crippen LogP contribution >= 0.6 is 23.2 Å². The first-order chi connectivity index (χ1) is 12.3. The van der Waals surface area contributed by atoms with Crippen molar-refractivity contribution < 1.29 is 8.42 Å². The van der Waals surface area contributed by atoms with Crippen LogP contribution in [0.2, 0.25) is 10.0 Å². The molecular weight excluding hydrogens is 395 g/mol. The summed E-state index contributed by atoms with van der Waals surface area (Å²) in [6, 6.07) is 11.6. The fourth-order valence-electron chi connectivity index (χ4n) is 2.54. The molecule has 0 aliphatic carbocycles. The van der Waals surface area contributed by atoms with E-state index in [4.69, 9.17) is 23.2 Å². The Hall–Kier alpha value is -1.93. The van der Waals surface area contributed by atoms with Crippen LogP contribution in [0.15, 0.2) is 60.0 Å². The Morgan fingerprint density at radius 2 is 1.69 bits per heavy atom. The Balaban J connectivity index is 1.90. The van der Waals surface area contributed by atoms with E-state index in [1.165, 1.54) is 29.8 Å². The molecule has 26 heavy (non-hydrogen) atoms. The van der Waals surface area contributed by atoms with Gasteiger partial charge in [0.05, 0.1) is 15.7 Å². The third-order valence-electron chi connectivity index (χ3n) is 4.16. The van der Waals surface area contributed by atoms with Crippen molar-refractivity contribution in [2.24, 2.45) is 0 Å². The molecule has 1 heterocycles. The number of halogens is 2. The van der Waals surface area contributed by atoms with Gasteiger partial charge in [-0.2, -0.15) is 9.40 Å². The number of aromatic nitrogens is 3. The molecule has 0 fully saturated rings. The molecule has 0 bridgehead atoms. The molecule has 6 nitrogen and oxygen atoms in total. The molecule has 1 atom stereocenters. The summed E-state index contributed by atoms with van der Waals surface area (Å²) in [7, 11) is -2.35. The molecule has 0 saturated carbocycles. The molecule has 9 heteroatoms. The minimum Gasteiger partial charge on any atom is -0.223 e. The second-order valence-corrected chi connectivity index (χ2v) is 8.43. The van der Waals surface area contributed by atoms with Crippen LogP contribution in [-0.4, -0.2) is 34.5 Å². The van der Waals surface area contributed by atoms with Gasteiger partial charge in [0.2, 0.25) is 10.0 Å². The van der Waals surface area contributed by atoms with Gasteiger partial charge >= 0.3 is 0 Å². The summed E-state index contributed by atoms with van der Waals surface area (Å²) >= 11 is 12.2. The van der Waals surface area contributed by atoms with E-state index in [0.717, 1.165) is 11.3 Å². The average molecular weight is 411 g/mol. The number of rotatable bonds is 5. The zero-order valence-corrected chi connectivity index (χ0v) is 16.4. The quantitative estimate of drug-likeness (QED) is 0.638. The first-order valence-electron chi connectivity index (χ1n) is 7.69. The van der Waals surface area contributed by atoms with Crippen molar-refractivity contribution in [1.29, 1.82) is 0 Å². The summed E-state index contributed by atoms with van der Waals surface area (Å²) in [5, 5.41) is 4.26. The first kappa shape index (κ1) is 18.8. The van der Waals surface area contributed by atoms with Gasteiger partial charge in [0.25, 0.3) is 0 Å². The highest BCUT2D eigenvalue weighted by Crippen LogP contribution is 2.34. The number of nitrogens with zero attached hydrogens (tertiary/aromatic N) is 4. The molecule has 2 aromatic carbocycles. The lowest BCUT2D eigenvalue weighted by molar-refractivity contribution is 0.398. The fraction of sp³-hybridized carbons (Fsp3) is 0.176. The third-order valence-corrected chi connectivity index (χ3v) is 7.04. The molecule has 0 aliphatic heterocycles. The zero-order valence-electron chi connectivity index (χ0n) is 14.0. The smallest absolute Gasteiger partial charge is 0.223 e. The first-order valence-corrected chi connectivity index (χ1v) is 9.89. The molecule has 3 aromatic rings. The maximum atomic E-state index is 13.0. The fourth-order valence-corrected chi connectivity index (χ4v) is 4.98. The number of hydrogen-bond donors (Lipinski definition) is 0.